The van der Waals surface area contributed by atoms with Crippen molar-refractivity contribution in [2.45, 2.75) is 6.92 Å². The smallest absolute Gasteiger partial charge is 0.262 e. The lowest BCUT2D eigenvalue weighted by Crippen LogP contribution is -1.97. The van der Waals surface area contributed by atoms with Crippen molar-refractivity contribution in [1.82, 2.24) is 4.98 Å². The average molecular weight is 309 g/mol. The summed E-state index contributed by atoms with van der Waals surface area (Å²) >= 11 is 3.40. The molecule has 0 aliphatic heterocycles. The highest BCUT2D eigenvalue weighted by Gasteiger charge is 2.09. The number of nitrogens with two attached hydrogens (primary N) is 1. The monoisotopic (exact) mass is 308 g/mol. The fraction of sp³-hybridized carbons (Fsp3) is 0.154. The van der Waals surface area contributed by atoms with Gasteiger partial charge in [-0.05, 0) is 47.1 Å². The predicted octanol–water partition coefficient (Wildman–Crippen LogP) is 3.62. The van der Waals surface area contributed by atoms with Crippen molar-refractivity contribution in [3.05, 3.63) is 41.0 Å². The van der Waals surface area contributed by atoms with E-state index < -0.39 is 0 Å². The van der Waals surface area contributed by atoms with Gasteiger partial charge in [-0.2, -0.15) is 0 Å². The maximum atomic E-state index is 5.73. The molecule has 1 aromatic carbocycles. The Hall–Kier alpha value is -1.75. The predicted molar refractivity (Wildman–Crippen MR) is 74.0 cm³/mol. The Kier molecular flexibility index (Phi) is 4.04. The van der Waals surface area contributed by atoms with Crippen LogP contribution in [0.1, 0.15) is 6.92 Å². The van der Waals surface area contributed by atoms with E-state index in [1.54, 1.807) is 24.4 Å². The fourth-order valence-electron chi connectivity index (χ4n) is 1.42. The third-order valence-electron chi connectivity index (χ3n) is 2.20. The van der Waals surface area contributed by atoms with E-state index in [0.29, 0.717) is 29.7 Å². The third-order valence-corrected chi connectivity index (χ3v) is 2.85. The summed E-state index contributed by atoms with van der Waals surface area (Å²) in [5, 5.41) is 0. The number of nitrogens with zero attached hydrogens (tertiary/aromatic N) is 1. The number of hydrogen-bond acceptors (Lipinski definition) is 4. The SMILES string of the molecule is CCOc1cccnc1Oc1cc(N)ccc1Br. The third kappa shape index (κ3) is 2.92. The Labute approximate surface area is 114 Å². The molecule has 4 nitrogen and oxygen atoms in total. The van der Waals surface area contributed by atoms with E-state index in [0.717, 1.165) is 4.47 Å². The Morgan fingerprint density at radius 2 is 2.11 bits per heavy atom. The summed E-state index contributed by atoms with van der Waals surface area (Å²) in [7, 11) is 0. The van der Waals surface area contributed by atoms with Crippen molar-refractivity contribution < 1.29 is 9.47 Å². The summed E-state index contributed by atoms with van der Waals surface area (Å²) in [5.74, 6) is 1.63. The molecule has 0 saturated carbocycles. The van der Waals surface area contributed by atoms with Gasteiger partial charge in [0.05, 0.1) is 11.1 Å². The van der Waals surface area contributed by atoms with Gasteiger partial charge in [0.25, 0.3) is 5.88 Å². The number of rotatable bonds is 4. The Morgan fingerprint density at radius 3 is 2.89 bits per heavy atom. The minimum atomic E-state index is 0.422. The molecule has 0 saturated heterocycles. The first-order valence-corrected chi connectivity index (χ1v) is 6.30. The maximum Gasteiger partial charge on any atom is 0.262 e. The highest BCUT2D eigenvalue weighted by molar-refractivity contribution is 9.10. The van der Waals surface area contributed by atoms with E-state index in [9.17, 15) is 0 Å². The van der Waals surface area contributed by atoms with Gasteiger partial charge in [0.2, 0.25) is 0 Å². The standard InChI is InChI=1S/C13H13BrN2O2/c1-2-17-11-4-3-7-16-13(11)18-12-8-9(15)5-6-10(12)14/h3-8H,2,15H2,1H3. The van der Waals surface area contributed by atoms with Crippen LogP contribution in [0.3, 0.4) is 0 Å². The van der Waals surface area contributed by atoms with Gasteiger partial charge in [0, 0.05) is 18.0 Å². The van der Waals surface area contributed by atoms with E-state index in [2.05, 4.69) is 20.9 Å². The fourth-order valence-corrected chi connectivity index (χ4v) is 1.75. The van der Waals surface area contributed by atoms with Crippen molar-refractivity contribution in [3.8, 4) is 17.4 Å². The molecule has 94 valence electrons. The molecule has 0 bridgehead atoms. The molecule has 1 aromatic heterocycles. The lowest BCUT2D eigenvalue weighted by atomic mass is 10.3. The first-order chi connectivity index (χ1) is 8.70. The second-order valence-corrected chi connectivity index (χ2v) is 4.39. The number of nitrogen functional groups attached to an aromatic ring is 1. The zero-order chi connectivity index (χ0) is 13.0. The molecule has 0 spiro atoms. The van der Waals surface area contributed by atoms with Crippen LogP contribution in [0.25, 0.3) is 0 Å². The summed E-state index contributed by atoms with van der Waals surface area (Å²) in [6.45, 7) is 2.47. The van der Waals surface area contributed by atoms with Crippen LogP contribution >= 0.6 is 15.9 Å². The quantitative estimate of drug-likeness (QED) is 0.876. The minimum absolute atomic E-state index is 0.422. The van der Waals surface area contributed by atoms with Crippen LogP contribution in [0.2, 0.25) is 0 Å². The van der Waals surface area contributed by atoms with Gasteiger partial charge in [-0.1, -0.05) is 0 Å². The number of ether oxygens (including phenoxy) is 2. The number of hydrogen-bond donors (Lipinski definition) is 1. The second kappa shape index (κ2) is 5.73. The Bertz CT molecular complexity index is 546. The first-order valence-electron chi connectivity index (χ1n) is 5.51. The van der Waals surface area contributed by atoms with Crippen LogP contribution < -0.4 is 15.2 Å². The zero-order valence-corrected chi connectivity index (χ0v) is 11.5. The molecule has 2 N–H and O–H groups in total. The van der Waals surface area contributed by atoms with Crippen molar-refractivity contribution in [2.75, 3.05) is 12.3 Å². The van der Waals surface area contributed by atoms with Crippen molar-refractivity contribution >= 4 is 21.6 Å². The second-order valence-electron chi connectivity index (χ2n) is 3.53. The van der Waals surface area contributed by atoms with Gasteiger partial charge in [0.15, 0.2) is 5.75 Å². The number of aromatic nitrogens is 1. The summed E-state index contributed by atoms with van der Waals surface area (Å²) in [6, 6.07) is 8.96. The molecule has 0 atom stereocenters. The molecule has 0 aliphatic rings. The summed E-state index contributed by atoms with van der Waals surface area (Å²) in [6.07, 6.45) is 1.65. The lowest BCUT2D eigenvalue weighted by molar-refractivity contribution is 0.316. The molecule has 0 amide bonds. The van der Waals surface area contributed by atoms with E-state index in [4.69, 9.17) is 15.2 Å². The summed E-state index contributed by atoms with van der Waals surface area (Å²) < 4.78 is 12.0. The van der Waals surface area contributed by atoms with Gasteiger partial charge in [-0.15, -0.1) is 0 Å². The molecule has 2 rings (SSSR count). The summed E-state index contributed by atoms with van der Waals surface area (Å²) in [4.78, 5) is 4.15. The summed E-state index contributed by atoms with van der Waals surface area (Å²) in [5.41, 5.74) is 6.35. The zero-order valence-electron chi connectivity index (χ0n) is 9.89. The van der Waals surface area contributed by atoms with Crippen LogP contribution in [-0.4, -0.2) is 11.6 Å². The van der Waals surface area contributed by atoms with Crippen LogP contribution in [0.5, 0.6) is 17.4 Å². The average Bonchev–Trinajstić information content (AvgIpc) is 2.36. The normalized spacial score (nSPS) is 10.1. The number of benzene rings is 1. The van der Waals surface area contributed by atoms with Crippen LogP contribution in [-0.2, 0) is 0 Å². The van der Waals surface area contributed by atoms with E-state index in [1.807, 2.05) is 19.1 Å². The van der Waals surface area contributed by atoms with Gasteiger partial charge >= 0.3 is 0 Å². The Balaban J connectivity index is 2.30. The number of halogens is 1. The lowest BCUT2D eigenvalue weighted by Gasteiger charge is -2.11. The largest absolute Gasteiger partial charge is 0.488 e. The molecular formula is C13H13BrN2O2. The van der Waals surface area contributed by atoms with Crippen molar-refractivity contribution in [3.63, 3.8) is 0 Å². The van der Waals surface area contributed by atoms with Gasteiger partial charge in [-0.3, -0.25) is 0 Å². The molecule has 18 heavy (non-hydrogen) atoms. The highest BCUT2D eigenvalue weighted by atomic mass is 79.9. The minimum Gasteiger partial charge on any atom is -0.488 e. The number of pyridine rings is 1. The van der Waals surface area contributed by atoms with E-state index in [1.165, 1.54) is 0 Å². The van der Waals surface area contributed by atoms with Gasteiger partial charge in [-0.25, -0.2) is 4.98 Å². The van der Waals surface area contributed by atoms with Crippen LogP contribution in [0.15, 0.2) is 41.0 Å². The van der Waals surface area contributed by atoms with Crippen LogP contribution in [0, 0.1) is 0 Å². The first kappa shape index (κ1) is 12.7. The molecule has 0 radical (unpaired) electrons. The van der Waals surface area contributed by atoms with Crippen molar-refractivity contribution in [2.24, 2.45) is 0 Å². The molecule has 5 heteroatoms. The molecule has 1 heterocycles. The topological polar surface area (TPSA) is 57.4 Å². The molecule has 0 aliphatic carbocycles. The molecule has 0 fully saturated rings. The van der Waals surface area contributed by atoms with E-state index >= 15 is 0 Å². The maximum absolute atomic E-state index is 5.73. The number of anilines is 1. The highest BCUT2D eigenvalue weighted by Crippen LogP contribution is 2.34. The molecular weight excluding hydrogens is 296 g/mol. The van der Waals surface area contributed by atoms with E-state index in [-0.39, 0.29) is 0 Å². The Morgan fingerprint density at radius 1 is 1.28 bits per heavy atom. The molecule has 2 aromatic rings. The van der Waals surface area contributed by atoms with Gasteiger partial charge < -0.3 is 15.2 Å². The molecule has 0 unspecified atom stereocenters. The van der Waals surface area contributed by atoms with Gasteiger partial charge in [0.1, 0.15) is 5.75 Å². The van der Waals surface area contributed by atoms with Crippen LogP contribution in [0.4, 0.5) is 5.69 Å². The van der Waals surface area contributed by atoms with Crippen molar-refractivity contribution in [1.29, 1.82) is 0 Å².